The second-order valence-electron chi connectivity index (χ2n) is 4.60. The topological polar surface area (TPSA) is 32.3 Å². The zero-order valence-corrected chi connectivity index (χ0v) is 10.6. The third kappa shape index (κ3) is 3.20. The summed E-state index contributed by atoms with van der Waals surface area (Å²) in [5.74, 6) is 0.205. The molecule has 0 saturated carbocycles. The Hall–Kier alpha value is -1.61. The summed E-state index contributed by atoms with van der Waals surface area (Å²) in [5.41, 5.74) is 1.19. The molecule has 0 bridgehead atoms. The van der Waals surface area contributed by atoms with Crippen molar-refractivity contribution in [2.45, 2.75) is 18.9 Å². The van der Waals surface area contributed by atoms with Gasteiger partial charge in [0.15, 0.2) is 0 Å². The van der Waals surface area contributed by atoms with Crippen LogP contribution in [0.4, 0.5) is 0 Å². The van der Waals surface area contributed by atoms with Crippen LogP contribution >= 0.6 is 0 Å². The number of hydrogen-bond donors (Lipinski definition) is 1. The van der Waals surface area contributed by atoms with Crippen molar-refractivity contribution in [1.29, 1.82) is 0 Å². The van der Waals surface area contributed by atoms with Crippen molar-refractivity contribution in [3.8, 4) is 0 Å². The lowest BCUT2D eigenvalue weighted by Gasteiger charge is -2.28. The van der Waals surface area contributed by atoms with Crippen LogP contribution in [0.3, 0.4) is 0 Å². The third-order valence-corrected chi connectivity index (χ3v) is 3.28. The van der Waals surface area contributed by atoms with E-state index in [4.69, 9.17) is 0 Å². The molecule has 1 heterocycles. The average Bonchev–Trinajstić information content (AvgIpc) is 2.39. The predicted octanol–water partition coefficient (Wildman–Crippen LogP) is 2.13. The van der Waals surface area contributed by atoms with E-state index in [1.165, 1.54) is 5.56 Å². The van der Waals surface area contributed by atoms with Crippen LogP contribution in [0, 0.1) is 0 Å². The molecule has 1 unspecified atom stereocenters. The van der Waals surface area contributed by atoms with E-state index in [1.54, 1.807) is 6.08 Å². The van der Waals surface area contributed by atoms with Gasteiger partial charge in [0.25, 0.3) is 0 Å². The highest BCUT2D eigenvalue weighted by Gasteiger charge is 2.21. The van der Waals surface area contributed by atoms with Crippen molar-refractivity contribution in [3.63, 3.8) is 0 Å². The number of hydrogen-bond acceptors (Lipinski definition) is 2. The Bertz CT molecular complexity index is 402. The van der Waals surface area contributed by atoms with E-state index in [2.05, 4.69) is 24.0 Å². The van der Waals surface area contributed by atoms with Crippen molar-refractivity contribution in [1.82, 2.24) is 10.2 Å². The van der Waals surface area contributed by atoms with Gasteiger partial charge < -0.3 is 10.2 Å². The van der Waals surface area contributed by atoms with E-state index < -0.39 is 0 Å². The number of carbonyl (C=O) groups is 1. The van der Waals surface area contributed by atoms with Gasteiger partial charge in [-0.25, -0.2) is 0 Å². The van der Waals surface area contributed by atoms with Crippen molar-refractivity contribution in [2.75, 3.05) is 19.6 Å². The molecule has 1 atom stereocenters. The van der Waals surface area contributed by atoms with Gasteiger partial charge in [-0.1, -0.05) is 36.4 Å². The minimum absolute atomic E-state index is 0.131. The van der Waals surface area contributed by atoms with Crippen molar-refractivity contribution in [3.05, 3.63) is 48.6 Å². The summed E-state index contributed by atoms with van der Waals surface area (Å²) >= 11 is 0. The summed E-state index contributed by atoms with van der Waals surface area (Å²) < 4.78 is 0. The molecule has 1 aliphatic heterocycles. The van der Waals surface area contributed by atoms with E-state index in [-0.39, 0.29) is 11.9 Å². The Morgan fingerprint density at radius 1 is 1.39 bits per heavy atom. The van der Waals surface area contributed by atoms with Crippen molar-refractivity contribution in [2.24, 2.45) is 0 Å². The molecule has 96 valence electrons. The average molecular weight is 244 g/mol. The van der Waals surface area contributed by atoms with Crippen LogP contribution in [0.2, 0.25) is 0 Å². The summed E-state index contributed by atoms with van der Waals surface area (Å²) in [6, 6.07) is 10.3. The summed E-state index contributed by atoms with van der Waals surface area (Å²) in [4.78, 5) is 14.1. The van der Waals surface area contributed by atoms with Crippen LogP contribution in [0.25, 0.3) is 0 Å². The first-order chi connectivity index (χ1) is 8.81. The Kier molecular flexibility index (Phi) is 4.53. The molecule has 1 saturated heterocycles. The molecule has 1 fully saturated rings. The van der Waals surface area contributed by atoms with Gasteiger partial charge in [0.05, 0.1) is 0 Å². The minimum atomic E-state index is 0.131. The van der Waals surface area contributed by atoms with Crippen LogP contribution in [-0.2, 0) is 4.79 Å². The van der Waals surface area contributed by atoms with Crippen LogP contribution in [0.5, 0.6) is 0 Å². The van der Waals surface area contributed by atoms with E-state index in [1.807, 2.05) is 23.1 Å². The second kappa shape index (κ2) is 6.36. The smallest absolute Gasteiger partial charge is 0.224 e. The number of nitrogens with one attached hydrogen (secondary N) is 1. The molecule has 0 aromatic heterocycles. The Balaban J connectivity index is 2.09. The fraction of sp³-hybridized carbons (Fsp3) is 0.400. The largest absolute Gasteiger partial charge is 0.339 e. The molecular weight excluding hydrogens is 224 g/mol. The van der Waals surface area contributed by atoms with Gasteiger partial charge in [-0.05, 0) is 18.5 Å². The van der Waals surface area contributed by atoms with Crippen molar-refractivity contribution < 1.29 is 4.79 Å². The molecule has 1 N–H and O–H groups in total. The highest BCUT2D eigenvalue weighted by atomic mass is 16.2. The molecule has 3 heteroatoms. The van der Waals surface area contributed by atoms with E-state index in [9.17, 15) is 4.79 Å². The monoisotopic (exact) mass is 244 g/mol. The fourth-order valence-electron chi connectivity index (χ4n) is 2.32. The molecule has 1 aromatic rings. The zero-order valence-electron chi connectivity index (χ0n) is 10.6. The maximum absolute atomic E-state index is 12.2. The number of carbonyl (C=O) groups excluding carboxylic acids is 1. The summed E-state index contributed by atoms with van der Waals surface area (Å²) in [6.07, 6.45) is 3.31. The number of benzene rings is 1. The van der Waals surface area contributed by atoms with Crippen LogP contribution in [0.15, 0.2) is 43.0 Å². The maximum Gasteiger partial charge on any atom is 0.224 e. The molecule has 3 nitrogen and oxygen atoms in total. The lowest BCUT2D eigenvalue weighted by molar-refractivity contribution is -0.131. The molecule has 1 aromatic carbocycles. The fourth-order valence-corrected chi connectivity index (χ4v) is 2.32. The molecular formula is C15H20N2O. The first kappa shape index (κ1) is 12.8. The van der Waals surface area contributed by atoms with Crippen LogP contribution < -0.4 is 5.32 Å². The van der Waals surface area contributed by atoms with E-state index in [0.29, 0.717) is 13.0 Å². The van der Waals surface area contributed by atoms with Gasteiger partial charge in [-0.3, -0.25) is 4.79 Å². The van der Waals surface area contributed by atoms with Crippen LogP contribution in [-0.4, -0.2) is 30.4 Å². The standard InChI is InChI=1S/C15H20N2O/c1-2-10-17-11-6-9-16-14(12-15(17)18)13-7-4-3-5-8-13/h2-5,7-8,14,16H,1,6,9-12H2. The third-order valence-electron chi connectivity index (χ3n) is 3.28. The van der Waals surface area contributed by atoms with Gasteiger partial charge in [-0.15, -0.1) is 6.58 Å². The first-order valence-electron chi connectivity index (χ1n) is 6.48. The highest BCUT2D eigenvalue weighted by Crippen LogP contribution is 2.19. The number of amides is 1. The maximum atomic E-state index is 12.2. The SMILES string of the molecule is C=CCN1CCCNC(c2ccccc2)CC1=O. The quantitative estimate of drug-likeness (QED) is 0.826. The normalized spacial score (nSPS) is 21.2. The summed E-state index contributed by atoms with van der Waals surface area (Å²) in [6.45, 7) is 6.13. The lowest BCUT2D eigenvalue weighted by Crippen LogP contribution is -2.39. The number of rotatable bonds is 3. The first-order valence-corrected chi connectivity index (χ1v) is 6.48. The van der Waals surface area contributed by atoms with Crippen LogP contribution in [0.1, 0.15) is 24.4 Å². The second-order valence-corrected chi connectivity index (χ2v) is 4.60. The molecule has 0 spiro atoms. The Morgan fingerprint density at radius 2 is 2.17 bits per heavy atom. The molecule has 1 amide bonds. The zero-order chi connectivity index (χ0) is 12.8. The minimum Gasteiger partial charge on any atom is -0.339 e. The summed E-state index contributed by atoms with van der Waals surface area (Å²) in [5, 5.41) is 3.46. The van der Waals surface area contributed by atoms with Gasteiger partial charge in [0.1, 0.15) is 0 Å². The Morgan fingerprint density at radius 3 is 2.89 bits per heavy atom. The molecule has 0 aliphatic carbocycles. The van der Waals surface area contributed by atoms with Gasteiger partial charge >= 0.3 is 0 Å². The molecule has 1 aliphatic rings. The van der Waals surface area contributed by atoms with Gasteiger partial charge in [0.2, 0.25) is 5.91 Å². The van der Waals surface area contributed by atoms with Gasteiger partial charge in [-0.2, -0.15) is 0 Å². The molecule has 2 rings (SSSR count). The highest BCUT2D eigenvalue weighted by molar-refractivity contribution is 5.77. The number of nitrogens with zero attached hydrogens (tertiary/aromatic N) is 1. The predicted molar refractivity (Wildman–Crippen MR) is 73.2 cm³/mol. The molecule has 0 radical (unpaired) electrons. The van der Waals surface area contributed by atoms with Crippen molar-refractivity contribution >= 4 is 5.91 Å². The summed E-state index contributed by atoms with van der Waals surface area (Å²) in [7, 11) is 0. The molecule has 18 heavy (non-hydrogen) atoms. The van der Waals surface area contributed by atoms with Gasteiger partial charge in [0, 0.05) is 25.6 Å². The Labute approximate surface area is 108 Å². The van der Waals surface area contributed by atoms with E-state index in [0.717, 1.165) is 19.5 Å². The van der Waals surface area contributed by atoms with E-state index >= 15 is 0 Å². The lowest BCUT2D eigenvalue weighted by atomic mass is 10.0.